The molecule has 1 heterocycles. The molecule has 4 rings (SSSR count). The number of hydrogen-bond acceptors (Lipinski definition) is 5. The zero-order valence-corrected chi connectivity index (χ0v) is 18.8. The number of amides is 2. The standard InChI is InChI=1S/C23H19ClN2O6S/c24-15-9-10-19(18(13-15)23(29)30)33(31,32)25-11-1-2-12-26-21(27)16-7-3-5-14-6-4-8-17(20(14)16)22(26)28/h3-10,13,25H,1-2,11-12H2,(H,29,30). The first-order valence-electron chi connectivity index (χ1n) is 10.1. The number of benzene rings is 3. The van der Waals surface area contributed by atoms with Crippen molar-refractivity contribution in [1.82, 2.24) is 9.62 Å². The Hall–Kier alpha value is -3.27. The van der Waals surface area contributed by atoms with E-state index in [0.29, 0.717) is 29.4 Å². The van der Waals surface area contributed by atoms with Crippen molar-refractivity contribution in [2.75, 3.05) is 13.1 Å². The maximum atomic E-state index is 12.9. The first-order valence-corrected chi connectivity index (χ1v) is 12.0. The number of carboxylic acids is 1. The van der Waals surface area contributed by atoms with Crippen LogP contribution in [0.15, 0.2) is 59.5 Å². The van der Waals surface area contributed by atoms with Crippen LogP contribution in [0.1, 0.15) is 43.9 Å². The molecule has 0 fully saturated rings. The summed E-state index contributed by atoms with van der Waals surface area (Å²) in [5.41, 5.74) is 0.507. The Balaban J connectivity index is 1.40. The second kappa shape index (κ2) is 8.93. The molecule has 0 aliphatic carbocycles. The average Bonchev–Trinajstić information content (AvgIpc) is 2.78. The molecule has 0 bridgehead atoms. The lowest BCUT2D eigenvalue weighted by Gasteiger charge is -2.27. The fourth-order valence-corrected chi connectivity index (χ4v) is 5.29. The van der Waals surface area contributed by atoms with E-state index in [1.807, 2.05) is 12.1 Å². The van der Waals surface area contributed by atoms with Gasteiger partial charge in [-0.2, -0.15) is 0 Å². The Labute approximate surface area is 194 Å². The van der Waals surface area contributed by atoms with Crippen LogP contribution in [-0.4, -0.2) is 49.3 Å². The molecule has 2 N–H and O–H groups in total. The van der Waals surface area contributed by atoms with Crippen molar-refractivity contribution in [2.45, 2.75) is 17.7 Å². The van der Waals surface area contributed by atoms with Gasteiger partial charge in [-0.1, -0.05) is 35.9 Å². The minimum absolute atomic E-state index is 0.00636. The average molecular weight is 487 g/mol. The molecule has 8 nitrogen and oxygen atoms in total. The number of sulfonamides is 1. The number of unbranched alkanes of at least 4 members (excludes halogenated alkanes) is 1. The van der Waals surface area contributed by atoms with Gasteiger partial charge in [0.05, 0.1) is 10.5 Å². The molecule has 170 valence electrons. The van der Waals surface area contributed by atoms with Crippen LogP contribution in [0.25, 0.3) is 10.8 Å². The van der Waals surface area contributed by atoms with E-state index >= 15 is 0 Å². The topological polar surface area (TPSA) is 121 Å². The Morgan fingerprint density at radius 2 is 1.61 bits per heavy atom. The van der Waals surface area contributed by atoms with Crippen molar-refractivity contribution in [3.63, 3.8) is 0 Å². The van der Waals surface area contributed by atoms with Crippen molar-refractivity contribution in [2.24, 2.45) is 0 Å². The van der Waals surface area contributed by atoms with Gasteiger partial charge < -0.3 is 5.11 Å². The third-order valence-electron chi connectivity index (χ3n) is 5.42. The first-order chi connectivity index (χ1) is 15.7. The molecule has 3 aromatic rings. The number of halogens is 1. The highest BCUT2D eigenvalue weighted by molar-refractivity contribution is 7.89. The number of hydrogen-bond donors (Lipinski definition) is 2. The van der Waals surface area contributed by atoms with E-state index in [1.54, 1.807) is 24.3 Å². The predicted molar refractivity (Wildman–Crippen MR) is 122 cm³/mol. The Morgan fingerprint density at radius 1 is 0.970 bits per heavy atom. The van der Waals surface area contributed by atoms with Gasteiger partial charge in [0.2, 0.25) is 10.0 Å². The summed E-state index contributed by atoms with van der Waals surface area (Å²) >= 11 is 5.77. The SMILES string of the molecule is O=C(O)c1cc(Cl)ccc1S(=O)(=O)NCCCCN1C(=O)c2cccc3cccc(c23)C1=O. The van der Waals surface area contributed by atoms with Crippen LogP contribution in [0, 0.1) is 0 Å². The Morgan fingerprint density at radius 3 is 2.21 bits per heavy atom. The van der Waals surface area contributed by atoms with Gasteiger partial charge in [-0.3, -0.25) is 14.5 Å². The van der Waals surface area contributed by atoms with Gasteiger partial charge in [0.15, 0.2) is 0 Å². The maximum Gasteiger partial charge on any atom is 0.337 e. The lowest BCUT2D eigenvalue weighted by atomic mass is 9.94. The lowest BCUT2D eigenvalue weighted by molar-refractivity contribution is 0.0606. The number of rotatable bonds is 8. The summed E-state index contributed by atoms with van der Waals surface area (Å²) in [5.74, 6) is -2.16. The molecular weight excluding hydrogens is 468 g/mol. The summed E-state index contributed by atoms with van der Waals surface area (Å²) in [6.45, 7) is 0.137. The van der Waals surface area contributed by atoms with Gasteiger partial charge in [0.25, 0.3) is 11.8 Å². The van der Waals surface area contributed by atoms with Crippen LogP contribution in [0.3, 0.4) is 0 Å². The minimum atomic E-state index is -4.08. The van der Waals surface area contributed by atoms with E-state index in [0.717, 1.165) is 17.5 Å². The number of carbonyl (C=O) groups is 3. The van der Waals surface area contributed by atoms with Crippen LogP contribution in [0.2, 0.25) is 5.02 Å². The molecule has 0 saturated carbocycles. The Bertz CT molecular complexity index is 1350. The number of carbonyl (C=O) groups excluding carboxylic acids is 2. The molecule has 2 amide bonds. The first kappa shape index (κ1) is 22.9. The molecule has 0 radical (unpaired) electrons. The van der Waals surface area contributed by atoms with Gasteiger partial charge in [-0.05, 0) is 48.6 Å². The number of nitrogens with zero attached hydrogens (tertiary/aromatic N) is 1. The van der Waals surface area contributed by atoms with Gasteiger partial charge in [-0.25, -0.2) is 17.9 Å². The molecule has 0 saturated heterocycles. The van der Waals surface area contributed by atoms with Gasteiger partial charge in [0.1, 0.15) is 0 Å². The molecule has 1 aliphatic rings. The van der Waals surface area contributed by atoms with Crippen LogP contribution >= 0.6 is 11.6 Å². The number of carboxylic acid groups (broad SMARTS) is 1. The van der Waals surface area contributed by atoms with E-state index in [-0.39, 0.29) is 34.8 Å². The van der Waals surface area contributed by atoms with Crippen molar-refractivity contribution >= 4 is 50.2 Å². The molecule has 0 unspecified atom stereocenters. The van der Waals surface area contributed by atoms with E-state index in [4.69, 9.17) is 11.6 Å². The fraction of sp³-hybridized carbons (Fsp3) is 0.174. The predicted octanol–water partition coefficient (Wildman–Crippen LogP) is 3.55. The largest absolute Gasteiger partial charge is 0.478 e. The highest BCUT2D eigenvalue weighted by Gasteiger charge is 2.32. The molecule has 0 aromatic heterocycles. The molecular formula is C23H19ClN2O6S. The number of nitrogens with one attached hydrogen (secondary N) is 1. The number of imide groups is 1. The Kier molecular flexibility index (Phi) is 6.20. The molecule has 3 aromatic carbocycles. The summed E-state index contributed by atoms with van der Waals surface area (Å²) < 4.78 is 27.4. The van der Waals surface area contributed by atoms with E-state index in [1.165, 1.54) is 11.0 Å². The summed E-state index contributed by atoms with van der Waals surface area (Å²) in [4.78, 5) is 37.9. The van der Waals surface area contributed by atoms with Crippen LogP contribution in [-0.2, 0) is 10.0 Å². The second-order valence-electron chi connectivity index (χ2n) is 7.52. The van der Waals surface area contributed by atoms with Crippen molar-refractivity contribution in [1.29, 1.82) is 0 Å². The van der Waals surface area contributed by atoms with Crippen molar-refractivity contribution < 1.29 is 27.9 Å². The third kappa shape index (κ3) is 4.35. The van der Waals surface area contributed by atoms with Crippen molar-refractivity contribution in [3.05, 3.63) is 76.3 Å². The highest BCUT2D eigenvalue weighted by atomic mass is 35.5. The van der Waals surface area contributed by atoms with Crippen LogP contribution < -0.4 is 4.72 Å². The third-order valence-corrected chi connectivity index (χ3v) is 7.17. The minimum Gasteiger partial charge on any atom is -0.478 e. The summed E-state index contributed by atoms with van der Waals surface area (Å²) in [5, 5.41) is 10.8. The zero-order valence-electron chi connectivity index (χ0n) is 17.2. The summed E-state index contributed by atoms with van der Waals surface area (Å²) in [6, 6.07) is 14.1. The van der Waals surface area contributed by atoms with Crippen molar-refractivity contribution in [3.8, 4) is 0 Å². The monoisotopic (exact) mass is 486 g/mol. The normalized spacial score (nSPS) is 13.5. The van der Waals surface area contributed by atoms with Crippen LogP contribution in [0.4, 0.5) is 0 Å². The number of aromatic carboxylic acids is 1. The summed E-state index contributed by atoms with van der Waals surface area (Å²) in [6.07, 6.45) is 0.697. The molecule has 0 atom stereocenters. The molecule has 1 aliphatic heterocycles. The molecule has 0 spiro atoms. The maximum absolute atomic E-state index is 12.9. The van der Waals surface area contributed by atoms with Gasteiger partial charge in [-0.15, -0.1) is 0 Å². The molecule has 33 heavy (non-hydrogen) atoms. The summed E-state index contributed by atoms with van der Waals surface area (Å²) in [7, 11) is -4.08. The van der Waals surface area contributed by atoms with Gasteiger partial charge in [0, 0.05) is 34.6 Å². The highest BCUT2D eigenvalue weighted by Crippen LogP contribution is 2.30. The van der Waals surface area contributed by atoms with Crippen LogP contribution in [0.5, 0.6) is 0 Å². The van der Waals surface area contributed by atoms with E-state index in [9.17, 15) is 27.9 Å². The molecule has 10 heteroatoms. The second-order valence-corrected chi connectivity index (χ2v) is 9.69. The van der Waals surface area contributed by atoms with Gasteiger partial charge >= 0.3 is 5.97 Å². The quantitative estimate of drug-likeness (QED) is 0.371. The van der Waals surface area contributed by atoms with E-state index < -0.39 is 21.6 Å². The fourth-order valence-electron chi connectivity index (χ4n) is 3.87. The van der Waals surface area contributed by atoms with E-state index in [2.05, 4.69) is 4.72 Å². The zero-order chi connectivity index (χ0) is 23.8. The smallest absolute Gasteiger partial charge is 0.337 e. The lowest BCUT2D eigenvalue weighted by Crippen LogP contribution is -2.41.